The SMILES string of the molecule is Cc1cc(OCC2(O)CCS(O)(O)CC2)cc2c1-c1cc(COc3ccc4c(c3)OC[C@H]4CC(=O)O)ccc1CCC2. The zero-order valence-corrected chi connectivity index (χ0v) is 24.6. The van der Waals surface area contributed by atoms with E-state index in [0.29, 0.717) is 37.6 Å². The van der Waals surface area contributed by atoms with Crippen molar-refractivity contribution in [1.82, 2.24) is 0 Å². The van der Waals surface area contributed by atoms with E-state index in [1.807, 2.05) is 24.3 Å². The Kier molecular flexibility index (Phi) is 7.87. The molecule has 0 aromatic heterocycles. The van der Waals surface area contributed by atoms with Gasteiger partial charge in [0.1, 0.15) is 36.1 Å². The Morgan fingerprint density at radius 3 is 2.57 bits per heavy atom. The van der Waals surface area contributed by atoms with Crippen LogP contribution in [0, 0.1) is 6.92 Å². The van der Waals surface area contributed by atoms with Crippen molar-refractivity contribution in [2.75, 3.05) is 24.7 Å². The van der Waals surface area contributed by atoms with Crippen LogP contribution in [0.2, 0.25) is 0 Å². The lowest BCUT2D eigenvalue weighted by Gasteiger charge is -2.43. The van der Waals surface area contributed by atoms with Crippen LogP contribution in [0.5, 0.6) is 17.2 Å². The summed E-state index contributed by atoms with van der Waals surface area (Å²) < 4.78 is 37.8. The number of carbonyl (C=O) groups is 1. The molecule has 6 rings (SSSR count). The van der Waals surface area contributed by atoms with Crippen LogP contribution in [0.1, 0.15) is 59.4 Å². The van der Waals surface area contributed by atoms with Crippen molar-refractivity contribution in [1.29, 1.82) is 0 Å². The molecule has 1 atom stereocenters. The van der Waals surface area contributed by atoms with Gasteiger partial charge in [0, 0.05) is 29.1 Å². The van der Waals surface area contributed by atoms with Crippen LogP contribution in [0.3, 0.4) is 0 Å². The van der Waals surface area contributed by atoms with E-state index >= 15 is 0 Å². The lowest BCUT2D eigenvalue weighted by atomic mass is 9.91. The molecule has 2 heterocycles. The van der Waals surface area contributed by atoms with Crippen LogP contribution in [0.15, 0.2) is 48.5 Å². The number of carboxylic acids is 1. The summed E-state index contributed by atoms with van der Waals surface area (Å²) in [5, 5.41) is 20.1. The highest BCUT2D eigenvalue weighted by Crippen LogP contribution is 2.47. The van der Waals surface area contributed by atoms with Crippen molar-refractivity contribution in [3.8, 4) is 28.4 Å². The van der Waals surface area contributed by atoms with Gasteiger partial charge in [-0.3, -0.25) is 13.9 Å². The van der Waals surface area contributed by atoms with E-state index in [1.165, 1.54) is 22.3 Å². The Balaban J connectivity index is 1.17. The summed E-state index contributed by atoms with van der Waals surface area (Å²) in [7, 11) is -2.57. The highest BCUT2D eigenvalue weighted by molar-refractivity contribution is 8.24. The fraction of sp³-hybridized carbons (Fsp3) is 0.424. The highest BCUT2D eigenvalue weighted by atomic mass is 32.3. The monoisotopic (exact) mass is 594 g/mol. The first kappa shape index (κ1) is 28.9. The predicted molar refractivity (Wildman–Crippen MR) is 162 cm³/mol. The Morgan fingerprint density at radius 1 is 1.00 bits per heavy atom. The largest absolute Gasteiger partial charge is 0.492 e. The van der Waals surface area contributed by atoms with Crippen LogP contribution in [-0.4, -0.2) is 55.6 Å². The molecule has 1 saturated heterocycles. The third kappa shape index (κ3) is 6.24. The topological polar surface area (TPSA) is 126 Å². The number of aliphatic carboxylic acids is 1. The van der Waals surface area contributed by atoms with Gasteiger partial charge in [-0.1, -0.05) is 18.2 Å². The van der Waals surface area contributed by atoms with Crippen molar-refractivity contribution in [3.63, 3.8) is 0 Å². The zero-order chi connectivity index (χ0) is 29.5. The molecule has 3 aliphatic rings. The summed E-state index contributed by atoms with van der Waals surface area (Å²) in [6, 6.07) is 16.3. The van der Waals surface area contributed by atoms with Gasteiger partial charge in [-0.15, -0.1) is 0 Å². The first-order chi connectivity index (χ1) is 20.1. The molecule has 0 amide bonds. The maximum Gasteiger partial charge on any atom is 0.304 e. The number of hydrogen-bond donors (Lipinski definition) is 4. The maximum absolute atomic E-state index is 11.1. The molecule has 8 nitrogen and oxygen atoms in total. The third-order valence-electron chi connectivity index (χ3n) is 8.71. The third-order valence-corrected chi connectivity index (χ3v) is 10.4. The van der Waals surface area contributed by atoms with Crippen LogP contribution in [0.4, 0.5) is 0 Å². The Labute approximate surface area is 247 Å². The van der Waals surface area contributed by atoms with Gasteiger partial charge in [-0.05, 0) is 96.7 Å². The summed E-state index contributed by atoms with van der Waals surface area (Å²) in [4.78, 5) is 11.1. The fourth-order valence-corrected chi connectivity index (χ4v) is 7.93. The smallest absolute Gasteiger partial charge is 0.304 e. The van der Waals surface area contributed by atoms with Gasteiger partial charge in [-0.25, -0.2) is 0 Å². The lowest BCUT2D eigenvalue weighted by Crippen LogP contribution is -2.42. The van der Waals surface area contributed by atoms with Crippen LogP contribution < -0.4 is 14.2 Å². The number of ether oxygens (including phenoxy) is 3. The van der Waals surface area contributed by atoms with E-state index in [1.54, 1.807) is 0 Å². The van der Waals surface area contributed by atoms with Crippen LogP contribution in [0.25, 0.3) is 11.1 Å². The maximum atomic E-state index is 11.1. The molecule has 1 aliphatic carbocycles. The van der Waals surface area contributed by atoms with E-state index < -0.39 is 22.2 Å². The van der Waals surface area contributed by atoms with E-state index in [2.05, 4.69) is 31.2 Å². The lowest BCUT2D eigenvalue weighted by molar-refractivity contribution is -0.137. The second-order valence-corrected chi connectivity index (χ2v) is 14.4. The van der Waals surface area contributed by atoms with E-state index in [0.717, 1.165) is 41.7 Å². The first-order valence-electron chi connectivity index (χ1n) is 14.5. The van der Waals surface area contributed by atoms with E-state index in [9.17, 15) is 19.0 Å². The van der Waals surface area contributed by atoms with Crippen molar-refractivity contribution in [2.45, 2.75) is 63.6 Å². The molecule has 42 heavy (non-hydrogen) atoms. The zero-order valence-electron chi connectivity index (χ0n) is 23.8. The molecule has 1 fully saturated rings. The molecule has 0 radical (unpaired) electrons. The van der Waals surface area contributed by atoms with E-state index in [4.69, 9.17) is 19.3 Å². The highest BCUT2D eigenvalue weighted by Gasteiger charge is 2.36. The first-order valence-corrected chi connectivity index (χ1v) is 16.4. The molecular weight excluding hydrogens is 556 g/mol. The standard InChI is InChI=1S/C33H38O8S/c1-21-13-27(41-20-33(36)9-11-42(37,38)12-10-33)15-24-4-2-3-23-6-5-22(14-29(23)32(21)24)18-39-26-7-8-28-25(16-31(34)35)19-40-30(28)17-26/h5-8,13-15,17,25,36-38H,2-4,9-12,16,18-20H2,1H3,(H,34,35)/t25-/m1/s1. The molecule has 0 unspecified atom stereocenters. The van der Waals surface area contributed by atoms with Gasteiger partial charge in [0.05, 0.1) is 13.0 Å². The summed E-state index contributed by atoms with van der Waals surface area (Å²) in [5.41, 5.74) is 6.98. The molecule has 224 valence electrons. The number of hydrogen-bond acceptors (Lipinski definition) is 7. The summed E-state index contributed by atoms with van der Waals surface area (Å²) in [6.45, 7) is 2.99. The second-order valence-electron chi connectivity index (χ2n) is 11.9. The molecular formula is C33H38O8S. The number of benzene rings is 3. The van der Waals surface area contributed by atoms with Gasteiger partial charge in [0.25, 0.3) is 0 Å². The van der Waals surface area contributed by atoms with E-state index in [-0.39, 0.29) is 30.5 Å². The Morgan fingerprint density at radius 2 is 1.79 bits per heavy atom. The number of aliphatic hydroxyl groups is 1. The summed E-state index contributed by atoms with van der Waals surface area (Å²) in [6.07, 6.45) is 3.63. The average molecular weight is 595 g/mol. The predicted octanol–water partition coefficient (Wildman–Crippen LogP) is 6.33. The molecule has 9 heteroatoms. The number of fused-ring (bicyclic) bond motifs is 4. The van der Waals surface area contributed by atoms with Gasteiger partial charge in [0.2, 0.25) is 0 Å². The second kappa shape index (κ2) is 11.4. The molecule has 2 aliphatic heterocycles. The van der Waals surface area contributed by atoms with Crippen LogP contribution >= 0.6 is 10.6 Å². The average Bonchev–Trinajstić information content (AvgIpc) is 3.24. The normalized spacial score (nSPS) is 20.7. The Hall–Kier alpha value is -3.24. The van der Waals surface area contributed by atoms with Gasteiger partial charge >= 0.3 is 5.97 Å². The van der Waals surface area contributed by atoms with Crippen molar-refractivity contribution in [2.24, 2.45) is 0 Å². The van der Waals surface area contributed by atoms with Crippen molar-refractivity contribution in [3.05, 3.63) is 76.3 Å². The molecule has 3 aromatic carbocycles. The minimum atomic E-state index is -2.57. The minimum Gasteiger partial charge on any atom is -0.492 e. The molecule has 0 spiro atoms. The minimum absolute atomic E-state index is 0.0512. The molecule has 0 saturated carbocycles. The van der Waals surface area contributed by atoms with Crippen molar-refractivity contribution >= 4 is 16.6 Å². The number of carboxylic acid groups (broad SMARTS) is 1. The van der Waals surface area contributed by atoms with Gasteiger partial charge < -0.3 is 24.4 Å². The number of rotatable bonds is 8. The number of aryl methyl sites for hydroxylation is 3. The quantitative estimate of drug-likeness (QED) is 0.238. The fourth-order valence-electron chi connectivity index (χ4n) is 6.31. The van der Waals surface area contributed by atoms with Gasteiger partial charge in [-0.2, -0.15) is 10.6 Å². The molecule has 4 N–H and O–H groups in total. The summed E-state index contributed by atoms with van der Waals surface area (Å²) in [5.74, 6) is 1.56. The Bertz CT molecular complexity index is 1490. The van der Waals surface area contributed by atoms with Gasteiger partial charge in [0.15, 0.2) is 0 Å². The van der Waals surface area contributed by atoms with Crippen molar-refractivity contribution < 1.29 is 38.3 Å². The summed E-state index contributed by atoms with van der Waals surface area (Å²) >= 11 is 0. The van der Waals surface area contributed by atoms with Crippen LogP contribution in [-0.2, 0) is 24.2 Å². The molecule has 3 aromatic rings. The molecule has 0 bridgehead atoms.